The molecular formula is C18H24N4O2. The monoisotopic (exact) mass is 328 g/mol. The summed E-state index contributed by atoms with van der Waals surface area (Å²) in [6, 6.07) is 4.14. The molecule has 2 saturated heterocycles. The van der Waals surface area contributed by atoms with Gasteiger partial charge in [0.15, 0.2) is 0 Å². The van der Waals surface area contributed by atoms with Crippen LogP contribution in [0.1, 0.15) is 42.5 Å². The normalized spacial score (nSPS) is 23.8. The average Bonchev–Trinajstić information content (AvgIpc) is 3.15. The van der Waals surface area contributed by atoms with E-state index in [1.54, 1.807) is 6.20 Å². The number of anilines is 1. The maximum atomic E-state index is 12.6. The summed E-state index contributed by atoms with van der Waals surface area (Å²) in [6.45, 7) is 3.19. The van der Waals surface area contributed by atoms with Crippen LogP contribution < -0.4 is 5.32 Å². The van der Waals surface area contributed by atoms with Crippen LogP contribution in [0.2, 0.25) is 0 Å². The molecule has 6 heteroatoms. The van der Waals surface area contributed by atoms with Gasteiger partial charge < -0.3 is 15.1 Å². The number of hydrogen-bond donors (Lipinski definition) is 1. The molecule has 1 atom stereocenters. The van der Waals surface area contributed by atoms with Gasteiger partial charge in [-0.25, -0.2) is 4.98 Å². The van der Waals surface area contributed by atoms with E-state index in [2.05, 4.69) is 10.3 Å². The van der Waals surface area contributed by atoms with Gasteiger partial charge in [-0.05, 0) is 37.8 Å². The molecular weight excluding hydrogens is 304 g/mol. The fraction of sp³-hybridized carbons (Fsp3) is 0.611. The number of amides is 2. The molecule has 4 rings (SSSR count). The van der Waals surface area contributed by atoms with E-state index in [1.165, 1.54) is 0 Å². The molecule has 3 fully saturated rings. The zero-order valence-electron chi connectivity index (χ0n) is 13.9. The van der Waals surface area contributed by atoms with E-state index in [4.69, 9.17) is 0 Å². The summed E-state index contributed by atoms with van der Waals surface area (Å²) in [7, 11) is 0. The lowest BCUT2D eigenvalue weighted by Crippen LogP contribution is -2.29. The third-order valence-corrected chi connectivity index (χ3v) is 5.22. The molecule has 0 radical (unpaired) electrons. The molecule has 24 heavy (non-hydrogen) atoms. The first-order valence-corrected chi connectivity index (χ1v) is 9.00. The van der Waals surface area contributed by atoms with E-state index in [0.29, 0.717) is 36.3 Å². The van der Waals surface area contributed by atoms with Crippen LogP contribution in [0.4, 0.5) is 5.82 Å². The zero-order valence-corrected chi connectivity index (χ0v) is 13.9. The van der Waals surface area contributed by atoms with Gasteiger partial charge in [-0.3, -0.25) is 9.59 Å². The van der Waals surface area contributed by atoms with E-state index in [1.807, 2.05) is 21.9 Å². The SMILES string of the molecule is O=C(c1cccnc1NC[C@H]1CC(=O)N(C2CC2)C1)N1CCCC1. The second kappa shape index (κ2) is 6.42. The van der Waals surface area contributed by atoms with Crippen LogP contribution in [0.15, 0.2) is 18.3 Å². The molecule has 3 heterocycles. The van der Waals surface area contributed by atoms with Crippen molar-refractivity contribution in [3.05, 3.63) is 23.9 Å². The fourth-order valence-electron chi connectivity index (χ4n) is 3.73. The molecule has 1 N–H and O–H groups in total. The zero-order chi connectivity index (χ0) is 16.5. The molecule has 0 aromatic carbocycles. The summed E-state index contributed by atoms with van der Waals surface area (Å²) in [5.41, 5.74) is 0.641. The predicted octanol–water partition coefficient (Wildman–Crippen LogP) is 1.74. The van der Waals surface area contributed by atoms with Crippen LogP contribution in [0.25, 0.3) is 0 Å². The van der Waals surface area contributed by atoms with Crippen molar-refractivity contribution in [1.29, 1.82) is 0 Å². The van der Waals surface area contributed by atoms with E-state index < -0.39 is 0 Å². The Balaban J connectivity index is 1.39. The number of pyridine rings is 1. The van der Waals surface area contributed by atoms with Gasteiger partial charge in [0.05, 0.1) is 5.56 Å². The average molecular weight is 328 g/mol. The van der Waals surface area contributed by atoms with Crippen LogP contribution in [-0.4, -0.2) is 58.8 Å². The highest BCUT2D eigenvalue weighted by Crippen LogP contribution is 2.32. The Kier molecular flexibility index (Phi) is 4.12. The molecule has 1 aromatic rings. The van der Waals surface area contributed by atoms with Gasteiger partial charge in [0, 0.05) is 50.8 Å². The summed E-state index contributed by atoms with van der Waals surface area (Å²) in [5.74, 6) is 1.28. The molecule has 0 bridgehead atoms. The Labute approximate surface area is 142 Å². The summed E-state index contributed by atoms with van der Waals surface area (Å²) < 4.78 is 0. The Morgan fingerprint density at radius 1 is 1.29 bits per heavy atom. The molecule has 0 spiro atoms. The quantitative estimate of drug-likeness (QED) is 0.894. The molecule has 6 nitrogen and oxygen atoms in total. The number of likely N-dealkylation sites (tertiary alicyclic amines) is 2. The Morgan fingerprint density at radius 2 is 2.08 bits per heavy atom. The maximum absolute atomic E-state index is 12.6. The van der Waals surface area contributed by atoms with Gasteiger partial charge >= 0.3 is 0 Å². The van der Waals surface area contributed by atoms with Gasteiger partial charge in [-0.15, -0.1) is 0 Å². The number of carbonyl (C=O) groups is 2. The van der Waals surface area contributed by atoms with Gasteiger partial charge in [0.1, 0.15) is 5.82 Å². The largest absolute Gasteiger partial charge is 0.369 e. The number of nitrogens with one attached hydrogen (secondary N) is 1. The van der Waals surface area contributed by atoms with Crippen molar-refractivity contribution < 1.29 is 9.59 Å². The number of nitrogens with zero attached hydrogens (tertiary/aromatic N) is 3. The Hall–Kier alpha value is -2.11. The highest BCUT2D eigenvalue weighted by molar-refractivity contribution is 5.98. The van der Waals surface area contributed by atoms with Crippen LogP contribution in [0.5, 0.6) is 0 Å². The summed E-state index contributed by atoms with van der Waals surface area (Å²) in [6.07, 6.45) is 6.78. The lowest BCUT2D eigenvalue weighted by atomic mass is 10.1. The first-order chi connectivity index (χ1) is 11.7. The van der Waals surface area contributed by atoms with E-state index in [-0.39, 0.29) is 11.8 Å². The van der Waals surface area contributed by atoms with Crippen LogP contribution in [0, 0.1) is 5.92 Å². The first-order valence-electron chi connectivity index (χ1n) is 9.00. The highest BCUT2D eigenvalue weighted by atomic mass is 16.2. The van der Waals surface area contributed by atoms with Crippen molar-refractivity contribution >= 4 is 17.6 Å². The van der Waals surface area contributed by atoms with E-state index >= 15 is 0 Å². The maximum Gasteiger partial charge on any atom is 0.257 e. The summed E-state index contributed by atoms with van der Waals surface area (Å²) >= 11 is 0. The molecule has 1 saturated carbocycles. The molecule has 3 aliphatic rings. The van der Waals surface area contributed by atoms with Gasteiger partial charge in [-0.2, -0.15) is 0 Å². The number of rotatable bonds is 5. The van der Waals surface area contributed by atoms with E-state index in [9.17, 15) is 9.59 Å². The minimum absolute atomic E-state index is 0.0604. The second-order valence-corrected chi connectivity index (χ2v) is 7.13. The number of hydrogen-bond acceptors (Lipinski definition) is 4. The summed E-state index contributed by atoms with van der Waals surface area (Å²) in [4.78, 5) is 33.0. The van der Waals surface area contributed by atoms with Crippen molar-refractivity contribution in [2.24, 2.45) is 5.92 Å². The van der Waals surface area contributed by atoms with Gasteiger partial charge in [-0.1, -0.05) is 0 Å². The molecule has 128 valence electrons. The van der Waals surface area contributed by atoms with Crippen molar-refractivity contribution in [1.82, 2.24) is 14.8 Å². The fourth-order valence-corrected chi connectivity index (χ4v) is 3.73. The van der Waals surface area contributed by atoms with Crippen LogP contribution in [-0.2, 0) is 4.79 Å². The third-order valence-electron chi connectivity index (χ3n) is 5.22. The highest BCUT2D eigenvalue weighted by Gasteiger charge is 2.39. The number of aromatic nitrogens is 1. The van der Waals surface area contributed by atoms with Crippen molar-refractivity contribution in [3.8, 4) is 0 Å². The first kappa shape index (κ1) is 15.4. The van der Waals surface area contributed by atoms with E-state index in [0.717, 1.165) is 45.3 Å². The van der Waals surface area contributed by atoms with Crippen LogP contribution >= 0.6 is 0 Å². The van der Waals surface area contributed by atoms with Gasteiger partial charge in [0.25, 0.3) is 5.91 Å². The minimum Gasteiger partial charge on any atom is -0.369 e. The van der Waals surface area contributed by atoms with Gasteiger partial charge in [0.2, 0.25) is 5.91 Å². The lowest BCUT2D eigenvalue weighted by molar-refractivity contribution is -0.128. The third kappa shape index (κ3) is 3.09. The summed E-state index contributed by atoms with van der Waals surface area (Å²) in [5, 5.41) is 3.32. The van der Waals surface area contributed by atoms with Crippen LogP contribution in [0.3, 0.4) is 0 Å². The Morgan fingerprint density at radius 3 is 2.83 bits per heavy atom. The topological polar surface area (TPSA) is 65.5 Å². The molecule has 0 unspecified atom stereocenters. The minimum atomic E-state index is 0.0604. The smallest absolute Gasteiger partial charge is 0.257 e. The molecule has 1 aliphatic carbocycles. The Bertz CT molecular complexity index is 638. The molecule has 2 aliphatic heterocycles. The van der Waals surface area contributed by atoms with Crippen molar-refractivity contribution in [3.63, 3.8) is 0 Å². The second-order valence-electron chi connectivity index (χ2n) is 7.13. The van der Waals surface area contributed by atoms with Crippen molar-refractivity contribution in [2.75, 3.05) is 31.5 Å². The van der Waals surface area contributed by atoms with Crippen molar-refractivity contribution in [2.45, 2.75) is 38.1 Å². The molecule has 2 amide bonds. The predicted molar refractivity (Wildman–Crippen MR) is 90.7 cm³/mol. The standard InChI is InChI=1S/C18H24N4O2/c23-16-10-13(12-22(16)14-5-6-14)11-20-17-15(4-3-7-19-17)18(24)21-8-1-2-9-21/h3-4,7,13-14H,1-2,5-6,8-12H2,(H,19,20)/t13-/m1/s1. The number of carbonyl (C=O) groups excluding carboxylic acids is 2. The lowest BCUT2D eigenvalue weighted by Gasteiger charge is -2.19. The molecule has 1 aromatic heterocycles.